The van der Waals surface area contributed by atoms with Crippen molar-refractivity contribution in [2.24, 2.45) is 5.73 Å². The van der Waals surface area contributed by atoms with Gasteiger partial charge in [-0.2, -0.15) is 0 Å². The maximum Gasteiger partial charge on any atom is 0.0474 e. The average molecular weight is 405 g/mol. The van der Waals surface area contributed by atoms with Crippen molar-refractivity contribution in [1.82, 2.24) is 9.80 Å². The third-order valence-corrected chi connectivity index (χ3v) is 5.83. The molecule has 0 aliphatic carbocycles. The van der Waals surface area contributed by atoms with Gasteiger partial charge in [0, 0.05) is 34.1 Å². The number of rotatable bonds is 5. The Morgan fingerprint density at radius 2 is 2.10 bits per heavy atom. The highest BCUT2D eigenvalue weighted by atomic mass is 79.9. The zero-order chi connectivity index (χ0) is 14.7. The quantitative estimate of drug-likeness (QED) is 0.817. The van der Waals surface area contributed by atoms with E-state index in [2.05, 4.69) is 74.0 Å². The van der Waals surface area contributed by atoms with E-state index in [4.69, 9.17) is 5.73 Å². The smallest absolute Gasteiger partial charge is 0.0474 e. The van der Waals surface area contributed by atoms with E-state index in [1.165, 1.54) is 18.4 Å². The SMILES string of the molecule is CN(C)CC1CCCN1C(CN)c1ccc(Br)c(Br)c1. The van der Waals surface area contributed by atoms with Crippen LogP contribution in [0, 0.1) is 0 Å². The van der Waals surface area contributed by atoms with Crippen LogP contribution in [-0.2, 0) is 0 Å². The van der Waals surface area contributed by atoms with Gasteiger partial charge in [-0.05, 0) is 83.0 Å². The molecule has 1 aromatic rings. The van der Waals surface area contributed by atoms with Crippen molar-refractivity contribution in [2.45, 2.75) is 24.9 Å². The minimum Gasteiger partial charge on any atom is -0.329 e. The summed E-state index contributed by atoms with van der Waals surface area (Å²) < 4.78 is 2.18. The van der Waals surface area contributed by atoms with Crippen LogP contribution in [0.4, 0.5) is 0 Å². The number of hydrogen-bond acceptors (Lipinski definition) is 3. The lowest BCUT2D eigenvalue weighted by molar-refractivity contribution is 0.156. The molecule has 0 bridgehead atoms. The summed E-state index contributed by atoms with van der Waals surface area (Å²) in [5.74, 6) is 0. The molecule has 1 aliphatic heterocycles. The van der Waals surface area contributed by atoms with E-state index in [-0.39, 0.29) is 0 Å². The summed E-state index contributed by atoms with van der Waals surface area (Å²) in [6, 6.07) is 7.39. The average Bonchev–Trinajstić information content (AvgIpc) is 2.82. The summed E-state index contributed by atoms with van der Waals surface area (Å²) in [6.07, 6.45) is 2.54. The van der Waals surface area contributed by atoms with E-state index in [1.54, 1.807) is 0 Å². The molecule has 112 valence electrons. The Morgan fingerprint density at radius 3 is 2.70 bits per heavy atom. The monoisotopic (exact) mass is 403 g/mol. The number of likely N-dealkylation sites (N-methyl/N-ethyl adjacent to an activating group) is 1. The number of nitrogens with zero attached hydrogens (tertiary/aromatic N) is 2. The minimum absolute atomic E-state index is 0.312. The van der Waals surface area contributed by atoms with Crippen molar-refractivity contribution >= 4 is 31.9 Å². The molecule has 1 fully saturated rings. The summed E-state index contributed by atoms with van der Waals surface area (Å²) in [6.45, 7) is 2.92. The lowest BCUT2D eigenvalue weighted by Crippen LogP contribution is -2.42. The van der Waals surface area contributed by atoms with Gasteiger partial charge in [0.25, 0.3) is 0 Å². The van der Waals surface area contributed by atoms with Crippen molar-refractivity contribution in [3.05, 3.63) is 32.7 Å². The Kier molecular flexibility index (Phi) is 6.05. The zero-order valence-corrected chi connectivity index (χ0v) is 15.3. The largest absolute Gasteiger partial charge is 0.329 e. The molecule has 1 aliphatic rings. The van der Waals surface area contributed by atoms with Gasteiger partial charge in [0.2, 0.25) is 0 Å². The van der Waals surface area contributed by atoms with E-state index < -0.39 is 0 Å². The number of hydrogen-bond donors (Lipinski definition) is 1. The number of benzene rings is 1. The molecule has 0 radical (unpaired) electrons. The highest BCUT2D eigenvalue weighted by Crippen LogP contribution is 2.32. The van der Waals surface area contributed by atoms with E-state index in [0.29, 0.717) is 18.6 Å². The van der Waals surface area contributed by atoms with E-state index in [0.717, 1.165) is 22.0 Å². The molecule has 2 rings (SSSR count). The fraction of sp³-hybridized carbons (Fsp3) is 0.600. The van der Waals surface area contributed by atoms with Crippen LogP contribution in [0.5, 0.6) is 0 Å². The van der Waals surface area contributed by atoms with Gasteiger partial charge in [-0.15, -0.1) is 0 Å². The van der Waals surface area contributed by atoms with Gasteiger partial charge in [-0.25, -0.2) is 0 Å². The first-order chi connectivity index (χ1) is 9.52. The second-order valence-corrected chi connectivity index (χ2v) is 7.43. The molecule has 2 atom stereocenters. The second-order valence-electron chi connectivity index (χ2n) is 5.72. The Hall–Kier alpha value is 0.0600. The van der Waals surface area contributed by atoms with Gasteiger partial charge in [0.05, 0.1) is 0 Å². The molecule has 3 nitrogen and oxygen atoms in total. The summed E-state index contributed by atoms with van der Waals surface area (Å²) in [5, 5.41) is 0. The van der Waals surface area contributed by atoms with Crippen LogP contribution in [0.15, 0.2) is 27.1 Å². The maximum absolute atomic E-state index is 6.08. The summed E-state index contributed by atoms with van der Waals surface area (Å²) >= 11 is 7.12. The van der Waals surface area contributed by atoms with E-state index in [9.17, 15) is 0 Å². The highest BCUT2D eigenvalue weighted by Gasteiger charge is 2.31. The van der Waals surface area contributed by atoms with Crippen LogP contribution in [0.2, 0.25) is 0 Å². The predicted octanol–water partition coefficient (Wildman–Crippen LogP) is 3.24. The Bertz CT molecular complexity index is 451. The fourth-order valence-corrected chi connectivity index (χ4v) is 3.71. The highest BCUT2D eigenvalue weighted by molar-refractivity contribution is 9.13. The van der Waals surface area contributed by atoms with Crippen LogP contribution in [0.3, 0.4) is 0 Å². The minimum atomic E-state index is 0.312. The van der Waals surface area contributed by atoms with Gasteiger partial charge in [-0.3, -0.25) is 4.90 Å². The molecule has 2 unspecified atom stereocenters. The van der Waals surface area contributed by atoms with Crippen molar-refractivity contribution in [3.63, 3.8) is 0 Å². The zero-order valence-electron chi connectivity index (χ0n) is 12.1. The molecule has 1 saturated heterocycles. The number of likely N-dealkylation sites (tertiary alicyclic amines) is 1. The van der Waals surface area contributed by atoms with Crippen LogP contribution in [0.25, 0.3) is 0 Å². The molecule has 0 spiro atoms. The molecule has 0 saturated carbocycles. The Balaban J connectivity index is 2.20. The van der Waals surface area contributed by atoms with Crippen LogP contribution < -0.4 is 5.73 Å². The fourth-order valence-electron chi connectivity index (χ4n) is 3.07. The second kappa shape index (κ2) is 7.36. The predicted molar refractivity (Wildman–Crippen MR) is 91.9 cm³/mol. The standard InChI is InChI=1S/C15H23Br2N3/c1-19(2)10-12-4-3-7-20(12)15(9-18)11-5-6-13(16)14(17)8-11/h5-6,8,12,15H,3-4,7,9-10,18H2,1-2H3. The lowest BCUT2D eigenvalue weighted by atomic mass is 10.0. The molecular weight excluding hydrogens is 382 g/mol. The van der Waals surface area contributed by atoms with Crippen molar-refractivity contribution < 1.29 is 0 Å². The van der Waals surface area contributed by atoms with Crippen LogP contribution in [0.1, 0.15) is 24.4 Å². The molecule has 20 heavy (non-hydrogen) atoms. The summed E-state index contributed by atoms with van der Waals surface area (Å²) in [5.41, 5.74) is 7.38. The van der Waals surface area contributed by atoms with Crippen molar-refractivity contribution in [2.75, 3.05) is 33.7 Å². The van der Waals surface area contributed by atoms with E-state index >= 15 is 0 Å². The number of nitrogens with two attached hydrogens (primary N) is 1. The molecule has 0 amide bonds. The summed E-state index contributed by atoms with van der Waals surface area (Å²) in [7, 11) is 4.29. The van der Waals surface area contributed by atoms with Crippen LogP contribution >= 0.6 is 31.9 Å². The van der Waals surface area contributed by atoms with Gasteiger partial charge >= 0.3 is 0 Å². The summed E-state index contributed by atoms with van der Waals surface area (Å²) in [4.78, 5) is 4.85. The third-order valence-electron chi connectivity index (χ3n) is 3.95. The van der Waals surface area contributed by atoms with Gasteiger partial charge in [0.1, 0.15) is 0 Å². The maximum atomic E-state index is 6.08. The number of halogens is 2. The van der Waals surface area contributed by atoms with Crippen molar-refractivity contribution in [3.8, 4) is 0 Å². The molecule has 5 heteroatoms. The molecular formula is C15H23Br2N3. The van der Waals surface area contributed by atoms with Gasteiger partial charge in [0.15, 0.2) is 0 Å². The Labute approximate surface area is 138 Å². The lowest BCUT2D eigenvalue weighted by Gasteiger charge is -2.34. The molecule has 1 aromatic carbocycles. The topological polar surface area (TPSA) is 32.5 Å². The van der Waals surface area contributed by atoms with Crippen molar-refractivity contribution in [1.29, 1.82) is 0 Å². The third kappa shape index (κ3) is 3.83. The first kappa shape index (κ1) is 16.4. The van der Waals surface area contributed by atoms with E-state index in [1.807, 2.05) is 0 Å². The van der Waals surface area contributed by atoms with Gasteiger partial charge < -0.3 is 10.6 Å². The van der Waals surface area contributed by atoms with Crippen LogP contribution in [-0.4, -0.2) is 49.6 Å². The molecule has 1 heterocycles. The first-order valence-electron chi connectivity index (χ1n) is 7.08. The Morgan fingerprint density at radius 1 is 1.35 bits per heavy atom. The first-order valence-corrected chi connectivity index (χ1v) is 8.67. The van der Waals surface area contributed by atoms with Gasteiger partial charge in [-0.1, -0.05) is 6.07 Å². The normalized spacial score (nSPS) is 21.6. The molecule has 0 aromatic heterocycles. The molecule has 2 N–H and O–H groups in total.